The summed E-state index contributed by atoms with van der Waals surface area (Å²) in [6.07, 6.45) is 2.36. The zero-order valence-corrected chi connectivity index (χ0v) is 11.4. The third kappa shape index (κ3) is 2.08. The molecule has 2 rings (SSSR count). The smallest absolute Gasteiger partial charge is 0.400 e. The fraction of sp³-hybridized carbons (Fsp3) is 0.846. The minimum absolute atomic E-state index is 0.156. The van der Waals surface area contributed by atoms with Crippen LogP contribution in [-0.2, 0) is 9.31 Å². The van der Waals surface area contributed by atoms with Crippen LogP contribution in [0.1, 0.15) is 54.4 Å². The number of hydrogen-bond acceptors (Lipinski definition) is 2. The van der Waals surface area contributed by atoms with E-state index in [-0.39, 0.29) is 18.3 Å². The van der Waals surface area contributed by atoms with Crippen LogP contribution < -0.4 is 0 Å². The maximum atomic E-state index is 5.94. The van der Waals surface area contributed by atoms with Gasteiger partial charge in [0.25, 0.3) is 0 Å². The Morgan fingerprint density at radius 2 is 1.38 bits per heavy atom. The molecule has 1 aliphatic carbocycles. The summed E-state index contributed by atoms with van der Waals surface area (Å²) in [5.74, 6) is 2.17. The average molecular weight is 222 g/mol. The Labute approximate surface area is 99.5 Å². The summed E-state index contributed by atoms with van der Waals surface area (Å²) in [7, 11) is -0.156. The fourth-order valence-electron chi connectivity index (χ4n) is 2.44. The molecule has 0 spiro atoms. The summed E-state index contributed by atoms with van der Waals surface area (Å²) in [6, 6.07) is 0. The molecule has 1 saturated carbocycles. The van der Waals surface area contributed by atoms with Crippen LogP contribution in [0.25, 0.3) is 0 Å². The van der Waals surface area contributed by atoms with Crippen molar-refractivity contribution in [2.45, 2.75) is 65.6 Å². The van der Waals surface area contributed by atoms with E-state index in [1.165, 1.54) is 18.4 Å². The van der Waals surface area contributed by atoms with Crippen LogP contribution in [0, 0.1) is 5.41 Å². The van der Waals surface area contributed by atoms with Gasteiger partial charge in [-0.15, -0.1) is 0 Å². The Hall–Kier alpha value is -0.275. The van der Waals surface area contributed by atoms with Gasteiger partial charge in [0.1, 0.15) is 0 Å². The largest absolute Gasteiger partial charge is 0.487 e. The first kappa shape index (κ1) is 12.2. The van der Waals surface area contributed by atoms with Gasteiger partial charge in [-0.05, 0) is 46.0 Å². The van der Waals surface area contributed by atoms with Crippen molar-refractivity contribution < 1.29 is 9.31 Å². The number of rotatable bonds is 1. The predicted molar refractivity (Wildman–Crippen MR) is 67.2 cm³/mol. The summed E-state index contributed by atoms with van der Waals surface area (Å²) >= 11 is 0. The summed E-state index contributed by atoms with van der Waals surface area (Å²) < 4.78 is 11.9. The van der Waals surface area contributed by atoms with Crippen molar-refractivity contribution in [3.8, 4) is 0 Å². The SMILES string of the molecule is CC1(C)CC(=CB2OC(C)(C)C(C)(C)O2)C1. The van der Waals surface area contributed by atoms with E-state index in [9.17, 15) is 0 Å². The quantitative estimate of drug-likeness (QED) is 0.633. The minimum atomic E-state index is -0.214. The van der Waals surface area contributed by atoms with Gasteiger partial charge in [-0.2, -0.15) is 0 Å². The molecule has 1 heterocycles. The molecule has 0 aromatic carbocycles. The van der Waals surface area contributed by atoms with Crippen LogP contribution in [0.2, 0.25) is 0 Å². The van der Waals surface area contributed by atoms with E-state index in [1.54, 1.807) is 0 Å². The monoisotopic (exact) mass is 222 g/mol. The first-order chi connectivity index (χ1) is 7.11. The number of allylic oxidation sites excluding steroid dienone is 1. The zero-order valence-electron chi connectivity index (χ0n) is 11.4. The van der Waals surface area contributed by atoms with Crippen molar-refractivity contribution in [3.63, 3.8) is 0 Å². The van der Waals surface area contributed by atoms with Gasteiger partial charge < -0.3 is 9.31 Å². The molecule has 3 heteroatoms. The molecule has 0 aromatic heterocycles. The molecule has 90 valence electrons. The normalized spacial score (nSPS) is 30.1. The third-order valence-electron chi connectivity index (χ3n) is 4.05. The molecule has 2 fully saturated rings. The van der Waals surface area contributed by atoms with Crippen LogP contribution in [0.5, 0.6) is 0 Å². The van der Waals surface area contributed by atoms with Crippen molar-refractivity contribution in [3.05, 3.63) is 11.5 Å². The summed E-state index contributed by atoms with van der Waals surface area (Å²) in [4.78, 5) is 0. The Morgan fingerprint density at radius 1 is 0.938 bits per heavy atom. The molecule has 2 nitrogen and oxygen atoms in total. The molecule has 0 bridgehead atoms. The average Bonchev–Trinajstić information content (AvgIpc) is 2.15. The van der Waals surface area contributed by atoms with Gasteiger partial charge in [0.05, 0.1) is 11.2 Å². The van der Waals surface area contributed by atoms with Gasteiger partial charge in [-0.1, -0.05) is 25.4 Å². The van der Waals surface area contributed by atoms with Gasteiger partial charge in [-0.3, -0.25) is 0 Å². The van der Waals surface area contributed by atoms with Crippen LogP contribution in [0.15, 0.2) is 11.5 Å². The molecule has 1 aliphatic heterocycles. The summed E-state index contributed by atoms with van der Waals surface area (Å²) in [6.45, 7) is 13.0. The minimum Gasteiger partial charge on any atom is -0.400 e. The Morgan fingerprint density at radius 3 is 1.75 bits per heavy atom. The second kappa shape index (κ2) is 3.36. The highest BCUT2D eigenvalue weighted by molar-refractivity contribution is 6.51. The van der Waals surface area contributed by atoms with Gasteiger partial charge in [-0.25, -0.2) is 0 Å². The van der Waals surface area contributed by atoms with Gasteiger partial charge in [0.15, 0.2) is 0 Å². The molecule has 0 unspecified atom stereocenters. The lowest BCUT2D eigenvalue weighted by Gasteiger charge is -2.37. The van der Waals surface area contributed by atoms with E-state index in [0.29, 0.717) is 5.41 Å². The van der Waals surface area contributed by atoms with Crippen molar-refractivity contribution in [2.75, 3.05) is 0 Å². The summed E-state index contributed by atoms with van der Waals surface area (Å²) in [5.41, 5.74) is 1.53. The van der Waals surface area contributed by atoms with Gasteiger partial charge in [0, 0.05) is 0 Å². The first-order valence-electron chi connectivity index (χ1n) is 6.17. The highest BCUT2D eigenvalue weighted by Crippen LogP contribution is 2.45. The van der Waals surface area contributed by atoms with Gasteiger partial charge >= 0.3 is 7.12 Å². The van der Waals surface area contributed by atoms with Crippen LogP contribution in [-0.4, -0.2) is 18.3 Å². The van der Waals surface area contributed by atoms with E-state index in [4.69, 9.17) is 9.31 Å². The molecule has 1 saturated heterocycles. The molecular formula is C13H23BO2. The fourth-order valence-corrected chi connectivity index (χ4v) is 2.44. The molecule has 0 amide bonds. The second-order valence-corrected chi connectivity index (χ2v) is 6.97. The van der Waals surface area contributed by atoms with Crippen molar-refractivity contribution >= 4 is 7.12 Å². The Kier molecular flexibility index (Phi) is 2.56. The van der Waals surface area contributed by atoms with E-state index >= 15 is 0 Å². The molecule has 0 aromatic rings. The van der Waals surface area contributed by atoms with Crippen LogP contribution >= 0.6 is 0 Å². The Balaban J connectivity index is 2.01. The maximum absolute atomic E-state index is 5.94. The molecule has 0 atom stereocenters. The lowest BCUT2D eigenvalue weighted by Crippen LogP contribution is -2.41. The highest BCUT2D eigenvalue weighted by atomic mass is 16.7. The first-order valence-corrected chi connectivity index (χ1v) is 6.17. The number of hydrogen-bond donors (Lipinski definition) is 0. The van der Waals surface area contributed by atoms with Crippen molar-refractivity contribution in [2.24, 2.45) is 5.41 Å². The lowest BCUT2D eigenvalue weighted by atomic mass is 9.65. The van der Waals surface area contributed by atoms with Gasteiger partial charge in [0.2, 0.25) is 0 Å². The van der Waals surface area contributed by atoms with Crippen molar-refractivity contribution in [1.82, 2.24) is 0 Å². The van der Waals surface area contributed by atoms with Crippen LogP contribution in [0.3, 0.4) is 0 Å². The van der Waals surface area contributed by atoms with E-state index in [2.05, 4.69) is 47.5 Å². The molecule has 0 radical (unpaired) electrons. The zero-order chi connectivity index (χ0) is 12.2. The van der Waals surface area contributed by atoms with E-state index < -0.39 is 0 Å². The molecule has 0 N–H and O–H groups in total. The maximum Gasteiger partial charge on any atom is 0.487 e. The molecular weight excluding hydrogens is 199 g/mol. The van der Waals surface area contributed by atoms with E-state index in [0.717, 1.165) is 0 Å². The van der Waals surface area contributed by atoms with Crippen molar-refractivity contribution in [1.29, 1.82) is 0 Å². The second-order valence-electron chi connectivity index (χ2n) is 6.97. The topological polar surface area (TPSA) is 18.5 Å². The molecule has 16 heavy (non-hydrogen) atoms. The predicted octanol–water partition coefficient (Wildman–Crippen LogP) is 3.36. The standard InChI is InChI=1S/C13H23BO2/c1-11(2)7-10(8-11)9-14-15-12(3,4)13(5,6)16-14/h9H,7-8H2,1-6H3. The molecule has 2 aliphatic rings. The Bertz CT molecular complexity index is 303. The van der Waals surface area contributed by atoms with Crippen LogP contribution in [0.4, 0.5) is 0 Å². The summed E-state index contributed by atoms with van der Waals surface area (Å²) in [5, 5.41) is 0. The lowest BCUT2D eigenvalue weighted by molar-refractivity contribution is 0.00578. The third-order valence-corrected chi connectivity index (χ3v) is 4.05. The van der Waals surface area contributed by atoms with E-state index in [1.807, 2.05) is 0 Å². The highest BCUT2D eigenvalue weighted by Gasteiger charge is 2.50.